The van der Waals surface area contributed by atoms with E-state index < -0.39 is 10.0 Å². The minimum atomic E-state index is -3.53. The van der Waals surface area contributed by atoms with Crippen molar-refractivity contribution in [3.63, 3.8) is 0 Å². The number of hydrogen-bond acceptors (Lipinski definition) is 3. The summed E-state index contributed by atoms with van der Waals surface area (Å²) in [6.07, 6.45) is 3.37. The van der Waals surface area contributed by atoms with E-state index in [4.69, 9.17) is 0 Å². The van der Waals surface area contributed by atoms with Crippen LogP contribution in [0.5, 0.6) is 0 Å². The first kappa shape index (κ1) is 15.7. The highest BCUT2D eigenvalue weighted by atomic mass is 32.2. The Kier molecular flexibility index (Phi) is 4.44. The van der Waals surface area contributed by atoms with E-state index in [-0.39, 0.29) is 6.04 Å². The zero-order valence-electron chi connectivity index (χ0n) is 12.7. The number of sulfonamides is 1. The van der Waals surface area contributed by atoms with Gasteiger partial charge in [0.15, 0.2) is 0 Å². The van der Waals surface area contributed by atoms with E-state index in [0.29, 0.717) is 4.90 Å². The summed E-state index contributed by atoms with van der Waals surface area (Å²) >= 11 is 0. The number of nitrogens with zero attached hydrogens (tertiary/aromatic N) is 2. The lowest BCUT2D eigenvalue weighted by Crippen LogP contribution is -2.30. The van der Waals surface area contributed by atoms with Crippen LogP contribution in [0.3, 0.4) is 0 Å². The molecule has 2 aromatic rings. The molecular weight excluding hydrogens is 284 g/mol. The van der Waals surface area contributed by atoms with E-state index in [0.717, 1.165) is 16.7 Å². The number of benzene rings is 1. The minimum absolute atomic E-state index is 0.274. The average Bonchev–Trinajstić information content (AvgIpc) is 2.49. The van der Waals surface area contributed by atoms with Crippen LogP contribution < -0.4 is 0 Å². The number of aryl methyl sites for hydroxylation is 2. The third-order valence-electron chi connectivity index (χ3n) is 3.71. The maximum Gasteiger partial charge on any atom is 0.243 e. The zero-order chi connectivity index (χ0) is 15.6. The van der Waals surface area contributed by atoms with Crippen LogP contribution in [0.1, 0.15) is 29.7 Å². The fourth-order valence-electron chi connectivity index (χ4n) is 2.18. The van der Waals surface area contributed by atoms with Crippen LogP contribution in [0.4, 0.5) is 0 Å². The molecule has 21 heavy (non-hydrogen) atoms. The molecule has 2 rings (SSSR count). The Bertz CT molecular complexity index is 727. The molecule has 1 aromatic heterocycles. The minimum Gasteiger partial charge on any atom is -0.264 e. The summed E-state index contributed by atoms with van der Waals surface area (Å²) in [5, 5.41) is 0. The number of pyridine rings is 1. The molecule has 0 aliphatic heterocycles. The third-order valence-corrected chi connectivity index (χ3v) is 5.78. The molecule has 1 heterocycles. The van der Waals surface area contributed by atoms with Gasteiger partial charge in [0.25, 0.3) is 0 Å². The molecule has 0 saturated heterocycles. The van der Waals surface area contributed by atoms with Gasteiger partial charge in [0.2, 0.25) is 10.0 Å². The zero-order valence-corrected chi connectivity index (χ0v) is 13.6. The van der Waals surface area contributed by atoms with Crippen molar-refractivity contribution in [2.24, 2.45) is 0 Å². The molecule has 0 bridgehead atoms. The van der Waals surface area contributed by atoms with Crippen molar-refractivity contribution in [1.82, 2.24) is 9.29 Å². The average molecular weight is 304 g/mol. The Labute approximate surface area is 126 Å². The van der Waals surface area contributed by atoms with Crippen molar-refractivity contribution in [3.8, 4) is 0 Å². The first-order chi connectivity index (χ1) is 9.84. The smallest absolute Gasteiger partial charge is 0.243 e. The van der Waals surface area contributed by atoms with Gasteiger partial charge in [0.05, 0.1) is 4.90 Å². The van der Waals surface area contributed by atoms with E-state index in [1.54, 1.807) is 25.5 Å². The topological polar surface area (TPSA) is 50.3 Å². The van der Waals surface area contributed by atoms with E-state index in [1.165, 1.54) is 4.31 Å². The third kappa shape index (κ3) is 3.14. The van der Waals surface area contributed by atoms with Crippen molar-refractivity contribution in [2.75, 3.05) is 7.05 Å². The largest absolute Gasteiger partial charge is 0.264 e. The molecule has 1 aromatic carbocycles. The molecule has 4 nitrogen and oxygen atoms in total. The summed E-state index contributed by atoms with van der Waals surface area (Å²) in [5.74, 6) is 0. The van der Waals surface area contributed by atoms with Crippen LogP contribution in [0, 0.1) is 13.8 Å². The van der Waals surface area contributed by atoms with Gasteiger partial charge < -0.3 is 0 Å². The van der Waals surface area contributed by atoms with Crippen molar-refractivity contribution in [1.29, 1.82) is 0 Å². The molecular formula is C16H20N2O2S. The number of aromatic nitrogens is 1. The highest BCUT2D eigenvalue weighted by Gasteiger charge is 2.27. The molecule has 0 amide bonds. The number of hydrogen-bond donors (Lipinski definition) is 0. The van der Waals surface area contributed by atoms with Gasteiger partial charge in [-0.1, -0.05) is 18.2 Å². The summed E-state index contributed by atoms with van der Waals surface area (Å²) in [7, 11) is -1.93. The van der Waals surface area contributed by atoms with Crippen LogP contribution in [-0.2, 0) is 10.0 Å². The standard InChI is InChI=1S/C16H20N2O2S/c1-12-7-8-13(2)16(10-12)21(19,20)18(4)14(3)15-6-5-9-17-11-15/h5-11,14H,1-4H3. The van der Waals surface area contributed by atoms with Crippen LogP contribution in [0.25, 0.3) is 0 Å². The quantitative estimate of drug-likeness (QED) is 0.872. The Morgan fingerprint density at radius 2 is 1.90 bits per heavy atom. The van der Waals surface area contributed by atoms with Crippen molar-refractivity contribution < 1.29 is 8.42 Å². The van der Waals surface area contributed by atoms with Gasteiger partial charge in [-0.3, -0.25) is 4.98 Å². The lowest BCUT2D eigenvalue weighted by atomic mass is 10.1. The van der Waals surface area contributed by atoms with Gasteiger partial charge in [-0.2, -0.15) is 4.31 Å². The Balaban J connectivity index is 2.41. The van der Waals surface area contributed by atoms with Crippen molar-refractivity contribution >= 4 is 10.0 Å². The molecule has 1 unspecified atom stereocenters. The van der Waals surface area contributed by atoms with E-state index in [1.807, 2.05) is 45.0 Å². The Morgan fingerprint density at radius 3 is 2.52 bits per heavy atom. The maximum atomic E-state index is 12.8. The molecule has 5 heteroatoms. The van der Waals surface area contributed by atoms with Crippen LogP contribution in [0.2, 0.25) is 0 Å². The second-order valence-electron chi connectivity index (χ2n) is 5.25. The summed E-state index contributed by atoms with van der Waals surface area (Å²) in [6.45, 7) is 5.57. The predicted molar refractivity (Wildman–Crippen MR) is 83.5 cm³/mol. The second kappa shape index (κ2) is 5.95. The highest BCUT2D eigenvalue weighted by molar-refractivity contribution is 7.89. The summed E-state index contributed by atoms with van der Waals surface area (Å²) in [5.41, 5.74) is 2.56. The number of rotatable bonds is 4. The van der Waals surface area contributed by atoms with E-state index in [9.17, 15) is 8.42 Å². The Morgan fingerprint density at radius 1 is 1.19 bits per heavy atom. The van der Waals surface area contributed by atoms with Gasteiger partial charge in [-0.15, -0.1) is 0 Å². The summed E-state index contributed by atoms with van der Waals surface area (Å²) < 4.78 is 27.0. The molecule has 1 atom stereocenters. The first-order valence-electron chi connectivity index (χ1n) is 6.79. The lowest BCUT2D eigenvalue weighted by molar-refractivity contribution is 0.397. The van der Waals surface area contributed by atoms with Crippen LogP contribution in [0.15, 0.2) is 47.6 Å². The molecule has 0 saturated carbocycles. The van der Waals surface area contributed by atoms with E-state index >= 15 is 0 Å². The molecule has 0 spiro atoms. The molecule has 0 N–H and O–H groups in total. The first-order valence-corrected chi connectivity index (χ1v) is 8.23. The fraction of sp³-hybridized carbons (Fsp3) is 0.312. The normalized spacial score (nSPS) is 13.4. The van der Waals surface area contributed by atoms with Gasteiger partial charge in [-0.05, 0) is 49.6 Å². The van der Waals surface area contributed by atoms with Crippen LogP contribution >= 0.6 is 0 Å². The van der Waals surface area contributed by atoms with Crippen molar-refractivity contribution in [2.45, 2.75) is 31.7 Å². The predicted octanol–water partition coefficient (Wildman–Crippen LogP) is 3.08. The molecule has 112 valence electrons. The summed E-state index contributed by atoms with van der Waals surface area (Å²) in [4.78, 5) is 4.41. The molecule has 0 fully saturated rings. The monoisotopic (exact) mass is 304 g/mol. The molecule has 0 aliphatic rings. The molecule has 0 aliphatic carbocycles. The fourth-order valence-corrected chi connectivity index (χ4v) is 3.84. The molecule has 0 radical (unpaired) electrons. The van der Waals surface area contributed by atoms with Gasteiger partial charge in [-0.25, -0.2) is 8.42 Å². The van der Waals surface area contributed by atoms with Gasteiger partial charge >= 0.3 is 0 Å². The lowest BCUT2D eigenvalue weighted by Gasteiger charge is -2.25. The second-order valence-corrected chi connectivity index (χ2v) is 7.22. The van der Waals surface area contributed by atoms with Crippen molar-refractivity contribution in [3.05, 3.63) is 59.4 Å². The van der Waals surface area contributed by atoms with Gasteiger partial charge in [0, 0.05) is 25.5 Å². The maximum absolute atomic E-state index is 12.8. The van der Waals surface area contributed by atoms with Crippen LogP contribution in [-0.4, -0.2) is 24.8 Å². The van der Waals surface area contributed by atoms with E-state index in [2.05, 4.69) is 4.98 Å². The SMILES string of the molecule is Cc1ccc(C)c(S(=O)(=O)N(C)C(C)c2cccnc2)c1. The van der Waals surface area contributed by atoms with Gasteiger partial charge in [0.1, 0.15) is 0 Å². The highest BCUT2D eigenvalue weighted by Crippen LogP contribution is 2.27. The summed E-state index contributed by atoms with van der Waals surface area (Å²) in [6, 6.07) is 8.89. The Hall–Kier alpha value is -1.72.